The molecule has 0 saturated carbocycles. The van der Waals surface area contributed by atoms with Crippen LogP contribution >= 0.6 is 0 Å². The van der Waals surface area contributed by atoms with Crippen LogP contribution in [0, 0.1) is 0 Å². The zero-order chi connectivity index (χ0) is 14.7. The molecule has 1 fully saturated rings. The van der Waals surface area contributed by atoms with Gasteiger partial charge in [0.2, 0.25) is 0 Å². The number of hydrogen-bond acceptors (Lipinski definition) is 4. The van der Waals surface area contributed by atoms with Crippen molar-refractivity contribution in [3.63, 3.8) is 0 Å². The number of piperidine rings is 1. The van der Waals surface area contributed by atoms with Crippen molar-refractivity contribution in [3.8, 4) is 11.7 Å². The number of carbonyl (C=O) groups excluding carboxylic acids is 1. The van der Waals surface area contributed by atoms with Crippen molar-refractivity contribution < 1.29 is 19.1 Å². The van der Waals surface area contributed by atoms with E-state index in [1.807, 2.05) is 30.3 Å². The van der Waals surface area contributed by atoms with Crippen LogP contribution in [0.1, 0.15) is 23.4 Å². The van der Waals surface area contributed by atoms with Crippen LogP contribution in [0.25, 0.3) is 0 Å². The average molecular weight is 287 g/mol. The lowest BCUT2D eigenvalue weighted by atomic mass is 10.1. The van der Waals surface area contributed by atoms with Gasteiger partial charge in [-0.1, -0.05) is 18.2 Å². The molecule has 0 radical (unpaired) electrons. The van der Waals surface area contributed by atoms with Crippen LogP contribution in [-0.4, -0.2) is 35.1 Å². The Morgan fingerprint density at radius 2 is 1.86 bits per heavy atom. The number of hydrogen-bond donors (Lipinski definition) is 1. The fraction of sp³-hybridized carbons (Fsp3) is 0.312. The summed E-state index contributed by atoms with van der Waals surface area (Å²) in [6, 6.07) is 12.5. The highest BCUT2D eigenvalue weighted by atomic mass is 16.6. The minimum atomic E-state index is -0.303. The van der Waals surface area contributed by atoms with Gasteiger partial charge in [0.15, 0.2) is 5.76 Å². The molecule has 3 rings (SSSR count). The van der Waals surface area contributed by atoms with Crippen LogP contribution in [0.5, 0.6) is 11.7 Å². The lowest BCUT2D eigenvalue weighted by Crippen LogP contribution is -2.39. The van der Waals surface area contributed by atoms with Crippen LogP contribution in [0.4, 0.5) is 0 Å². The average Bonchev–Trinajstić information content (AvgIpc) is 2.97. The van der Waals surface area contributed by atoms with Crippen molar-refractivity contribution in [2.24, 2.45) is 0 Å². The second-order valence-electron chi connectivity index (χ2n) is 5.06. The highest BCUT2D eigenvalue weighted by Gasteiger charge is 2.24. The molecule has 1 aliphatic rings. The van der Waals surface area contributed by atoms with E-state index >= 15 is 0 Å². The summed E-state index contributed by atoms with van der Waals surface area (Å²) in [5, 5.41) is 9.47. The van der Waals surface area contributed by atoms with Gasteiger partial charge < -0.3 is 19.2 Å². The molecule has 0 atom stereocenters. The van der Waals surface area contributed by atoms with Crippen molar-refractivity contribution in [1.29, 1.82) is 0 Å². The van der Waals surface area contributed by atoms with Gasteiger partial charge in [-0.05, 0) is 31.0 Å². The molecule has 1 saturated heterocycles. The number of furan rings is 1. The smallest absolute Gasteiger partial charge is 0.290 e. The second-order valence-corrected chi connectivity index (χ2v) is 5.06. The van der Waals surface area contributed by atoms with Gasteiger partial charge in [-0.15, -0.1) is 0 Å². The molecular weight excluding hydrogens is 270 g/mol. The van der Waals surface area contributed by atoms with Crippen LogP contribution in [0.2, 0.25) is 0 Å². The number of likely N-dealkylation sites (tertiary alicyclic amines) is 1. The van der Waals surface area contributed by atoms with E-state index in [4.69, 9.17) is 9.15 Å². The van der Waals surface area contributed by atoms with Crippen LogP contribution in [0.15, 0.2) is 46.9 Å². The molecule has 2 aromatic rings. The Balaban J connectivity index is 1.66. The minimum absolute atomic E-state index is 0.162. The first-order valence-electron chi connectivity index (χ1n) is 7.02. The zero-order valence-corrected chi connectivity index (χ0v) is 11.6. The SMILES string of the molecule is O=C(c1ccc(Oc2ccccc2)o1)N1CCC(O)CC1. The predicted octanol–water partition coefficient (Wildman–Crippen LogP) is 2.67. The number of ether oxygens (including phenoxy) is 1. The Morgan fingerprint density at radius 3 is 2.57 bits per heavy atom. The van der Waals surface area contributed by atoms with Crippen LogP contribution < -0.4 is 4.74 Å². The molecule has 0 aliphatic carbocycles. The maximum Gasteiger partial charge on any atom is 0.290 e. The summed E-state index contributed by atoms with van der Waals surface area (Å²) in [4.78, 5) is 14.0. The van der Waals surface area contributed by atoms with Gasteiger partial charge in [-0.3, -0.25) is 4.79 Å². The van der Waals surface area contributed by atoms with Gasteiger partial charge in [0, 0.05) is 19.2 Å². The molecule has 2 heterocycles. The number of amides is 1. The van der Waals surface area contributed by atoms with Crippen LogP contribution in [0.3, 0.4) is 0 Å². The first kappa shape index (κ1) is 13.7. The molecule has 0 spiro atoms. The molecule has 110 valence electrons. The Kier molecular flexibility index (Phi) is 3.92. The Hall–Kier alpha value is -2.27. The number of aliphatic hydroxyl groups excluding tert-OH is 1. The van der Waals surface area contributed by atoms with Gasteiger partial charge in [-0.2, -0.15) is 0 Å². The minimum Gasteiger partial charge on any atom is -0.426 e. The molecule has 1 N–H and O–H groups in total. The summed E-state index contributed by atoms with van der Waals surface area (Å²) in [7, 11) is 0. The number of para-hydroxylation sites is 1. The molecule has 1 aromatic heterocycles. The summed E-state index contributed by atoms with van der Waals surface area (Å²) in [5.41, 5.74) is 0. The van der Waals surface area contributed by atoms with E-state index in [1.165, 1.54) is 0 Å². The van der Waals surface area contributed by atoms with E-state index < -0.39 is 0 Å². The van der Waals surface area contributed by atoms with Crippen molar-refractivity contribution in [3.05, 3.63) is 48.2 Å². The number of carbonyl (C=O) groups is 1. The third-order valence-electron chi connectivity index (χ3n) is 3.51. The van der Waals surface area contributed by atoms with Crippen molar-refractivity contribution >= 4 is 5.91 Å². The molecule has 1 amide bonds. The monoisotopic (exact) mass is 287 g/mol. The van der Waals surface area contributed by atoms with E-state index in [0.29, 0.717) is 37.6 Å². The van der Waals surface area contributed by atoms with E-state index in [-0.39, 0.29) is 17.8 Å². The number of nitrogens with zero attached hydrogens (tertiary/aromatic N) is 1. The van der Waals surface area contributed by atoms with Gasteiger partial charge in [-0.25, -0.2) is 0 Å². The van der Waals surface area contributed by atoms with Gasteiger partial charge in [0.25, 0.3) is 11.9 Å². The zero-order valence-electron chi connectivity index (χ0n) is 11.6. The summed E-state index contributed by atoms with van der Waals surface area (Å²) in [5.74, 6) is 1.05. The third-order valence-corrected chi connectivity index (χ3v) is 3.51. The molecule has 5 heteroatoms. The second kappa shape index (κ2) is 6.01. The van der Waals surface area contributed by atoms with E-state index in [2.05, 4.69) is 0 Å². The molecule has 21 heavy (non-hydrogen) atoms. The molecule has 0 unspecified atom stereocenters. The summed E-state index contributed by atoms with van der Waals surface area (Å²) < 4.78 is 11.0. The highest BCUT2D eigenvalue weighted by molar-refractivity contribution is 5.91. The molecule has 0 bridgehead atoms. The van der Waals surface area contributed by atoms with Crippen molar-refractivity contribution in [2.45, 2.75) is 18.9 Å². The maximum atomic E-state index is 12.3. The highest BCUT2D eigenvalue weighted by Crippen LogP contribution is 2.24. The maximum absolute atomic E-state index is 12.3. The normalized spacial score (nSPS) is 16.0. The van der Waals surface area contributed by atoms with E-state index in [0.717, 1.165) is 0 Å². The molecule has 1 aromatic carbocycles. The first-order chi connectivity index (χ1) is 10.2. The fourth-order valence-electron chi connectivity index (χ4n) is 2.32. The molecule has 1 aliphatic heterocycles. The van der Waals surface area contributed by atoms with Crippen molar-refractivity contribution in [1.82, 2.24) is 4.90 Å². The number of aliphatic hydroxyl groups is 1. The lowest BCUT2D eigenvalue weighted by molar-refractivity contribution is 0.0516. The lowest BCUT2D eigenvalue weighted by Gasteiger charge is -2.28. The summed E-state index contributed by atoms with van der Waals surface area (Å²) in [6.07, 6.45) is 0.919. The predicted molar refractivity (Wildman–Crippen MR) is 76.4 cm³/mol. The summed E-state index contributed by atoms with van der Waals surface area (Å²) in [6.45, 7) is 1.10. The van der Waals surface area contributed by atoms with Gasteiger partial charge in [0.05, 0.1) is 6.10 Å². The standard InChI is InChI=1S/C16H17NO4/c18-12-8-10-17(11-9-12)16(19)14-6-7-15(21-14)20-13-4-2-1-3-5-13/h1-7,12,18H,8-11H2. The van der Waals surface area contributed by atoms with Gasteiger partial charge in [0.1, 0.15) is 5.75 Å². The van der Waals surface area contributed by atoms with E-state index in [9.17, 15) is 9.90 Å². The largest absolute Gasteiger partial charge is 0.426 e. The topological polar surface area (TPSA) is 62.9 Å². The van der Waals surface area contributed by atoms with Gasteiger partial charge >= 0.3 is 0 Å². The quantitative estimate of drug-likeness (QED) is 0.942. The Labute approximate surface area is 122 Å². The fourth-order valence-corrected chi connectivity index (χ4v) is 2.32. The molecular formula is C16H17NO4. The first-order valence-corrected chi connectivity index (χ1v) is 7.02. The Bertz CT molecular complexity index is 600. The van der Waals surface area contributed by atoms with E-state index in [1.54, 1.807) is 17.0 Å². The molecule has 5 nitrogen and oxygen atoms in total. The number of benzene rings is 1. The Morgan fingerprint density at radius 1 is 1.14 bits per heavy atom. The van der Waals surface area contributed by atoms with Crippen LogP contribution in [-0.2, 0) is 0 Å². The summed E-state index contributed by atoms with van der Waals surface area (Å²) >= 11 is 0. The number of rotatable bonds is 3. The third kappa shape index (κ3) is 3.25. The van der Waals surface area contributed by atoms with Crippen molar-refractivity contribution in [2.75, 3.05) is 13.1 Å².